The maximum Gasteiger partial charge on any atom is 0.181 e. The van der Waals surface area contributed by atoms with Gasteiger partial charge in [-0.1, -0.05) is 0 Å². The van der Waals surface area contributed by atoms with Gasteiger partial charge in [0.25, 0.3) is 0 Å². The van der Waals surface area contributed by atoms with Crippen molar-refractivity contribution in [2.75, 3.05) is 5.32 Å². The maximum absolute atomic E-state index is 9.12. The smallest absolute Gasteiger partial charge is 0.181 e. The van der Waals surface area contributed by atoms with E-state index >= 15 is 0 Å². The molecule has 0 bridgehead atoms. The lowest BCUT2D eigenvalue weighted by Crippen LogP contribution is -2.19. The topological polar surface area (TPSA) is 103 Å². The fourth-order valence-electron chi connectivity index (χ4n) is 3.52. The summed E-state index contributed by atoms with van der Waals surface area (Å²) in [4.78, 5) is 8.39. The number of aromatic amines is 1. The van der Waals surface area contributed by atoms with Crippen molar-refractivity contribution in [2.24, 2.45) is 0 Å². The Morgan fingerprint density at radius 3 is 3.15 bits per heavy atom. The fraction of sp³-hybridized carbons (Fsp3) is 0.200. The van der Waals surface area contributed by atoms with E-state index in [2.05, 4.69) is 31.6 Å². The van der Waals surface area contributed by atoms with Gasteiger partial charge in [0.05, 0.1) is 30.4 Å². The van der Waals surface area contributed by atoms with Crippen molar-refractivity contribution in [3.8, 4) is 17.5 Å². The largest absolute Gasteiger partial charge is 0.442 e. The molecule has 0 saturated carbocycles. The van der Waals surface area contributed by atoms with Gasteiger partial charge >= 0.3 is 0 Å². The van der Waals surface area contributed by atoms with Crippen LogP contribution in [0, 0.1) is 11.3 Å². The first-order chi connectivity index (χ1) is 13.7. The van der Waals surface area contributed by atoms with Crippen LogP contribution in [0.1, 0.15) is 37.1 Å². The molecule has 1 aliphatic rings. The average Bonchev–Trinajstić information content (AvgIpc) is 3.37. The SMILES string of the molecule is [2H][C@@]1(Nc2ccc3[nH]nc(-c4cnco4)c3c2)CCCc2cc(C#N)cnc21. The van der Waals surface area contributed by atoms with Crippen LogP contribution in [0.15, 0.2) is 47.5 Å². The number of anilines is 1. The van der Waals surface area contributed by atoms with Gasteiger partial charge in [-0.25, -0.2) is 4.98 Å². The molecule has 27 heavy (non-hydrogen) atoms. The molecule has 1 atom stereocenters. The molecular formula is C20H16N6O. The summed E-state index contributed by atoms with van der Waals surface area (Å²) in [6, 6.07) is 8.70. The number of aromatic nitrogens is 4. The Bertz CT molecular complexity index is 1210. The molecule has 0 spiro atoms. The van der Waals surface area contributed by atoms with Gasteiger partial charge in [0.2, 0.25) is 0 Å². The van der Waals surface area contributed by atoms with E-state index in [1.165, 1.54) is 12.6 Å². The predicted octanol–water partition coefficient (Wildman–Crippen LogP) is 3.97. The molecule has 3 aromatic heterocycles. The zero-order valence-electron chi connectivity index (χ0n) is 15.4. The van der Waals surface area contributed by atoms with Gasteiger partial charge in [-0.2, -0.15) is 10.4 Å². The summed E-state index contributed by atoms with van der Waals surface area (Å²) in [6.45, 7) is 0. The highest BCUT2D eigenvalue weighted by molar-refractivity contribution is 5.93. The minimum atomic E-state index is -1.05. The normalized spacial score (nSPS) is 19.3. The molecule has 0 saturated heterocycles. The fourth-order valence-corrected chi connectivity index (χ4v) is 3.52. The van der Waals surface area contributed by atoms with Crippen LogP contribution in [-0.4, -0.2) is 20.2 Å². The van der Waals surface area contributed by atoms with Gasteiger partial charge in [-0.05, 0) is 49.1 Å². The second-order valence-corrected chi connectivity index (χ2v) is 6.50. The van der Waals surface area contributed by atoms with Crippen molar-refractivity contribution in [1.82, 2.24) is 20.2 Å². The quantitative estimate of drug-likeness (QED) is 0.575. The van der Waals surface area contributed by atoms with Gasteiger partial charge in [0, 0.05) is 17.3 Å². The summed E-state index contributed by atoms with van der Waals surface area (Å²) in [5.74, 6) is 0.581. The summed E-state index contributed by atoms with van der Waals surface area (Å²) in [6.07, 6.45) is 6.86. The van der Waals surface area contributed by atoms with Crippen molar-refractivity contribution in [3.63, 3.8) is 0 Å². The van der Waals surface area contributed by atoms with Crippen molar-refractivity contribution in [3.05, 3.63) is 59.9 Å². The summed E-state index contributed by atoms with van der Waals surface area (Å²) < 4.78 is 14.4. The molecule has 0 aliphatic heterocycles. The molecule has 1 aromatic carbocycles. The van der Waals surface area contributed by atoms with Gasteiger partial charge < -0.3 is 9.73 Å². The van der Waals surface area contributed by atoms with Crippen LogP contribution in [0.4, 0.5) is 5.69 Å². The minimum absolute atomic E-state index is 0.527. The molecule has 0 radical (unpaired) electrons. The summed E-state index contributed by atoms with van der Waals surface area (Å²) in [5.41, 5.74) is 4.51. The monoisotopic (exact) mass is 357 g/mol. The Balaban J connectivity index is 1.54. The predicted molar refractivity (Wildman–Crippen MR) is 99.8 cm³/mol. The van der Waals surface area contributed by atoms with Gasteiger partial charge in [0.1, 0.15) is 11.8 Å². The molecule has 0 fully saturated rings. The Morgan fingerprint density at radius 1 is 1.33 bits per heavy atom. The third-order valence-electron chi connectivity index (χ3n) is 4.78. The van der Waals surface area contributed by atoms with Crippen LogP contribution in [0.2, 0.25) is 0 Å². The first-order valence-corrected chi connectivity index (χ1v) is 8.71. The number of nitrogens with zero attached hydrogens (tertiary/aromatic N) is 4. The standard InChI is InChI=1S/C20H16N6O/c21-8-12-6-13-2-1-3-17(19(13)23-9-12)24-14-4-5-16-15(7-14)20(26-25-16)18-10-22-11-27-18/h4-7,9-11,17,24H,1-3H2,(H,25,26)/t17-/m1/s1/i17D. The highest BCUT2D eigenvalue weighted by atomic mass is 16.3. The molecule has 3 heterocycles. The van der Waals surface area contributed by atoms with E-state index in [0.29, 0.717) is 29.1 Å². The number of nitrogens with one attached hydrogen (secondary N) is 2. The molecule has 7 heteroatoms. The number of pyridine rings is 1. The Hall–Kier alpha value is -3.66. The van der Waals surface area contributed by atoms with Crippen molar-refractivity contribution >= 4 is 16.6 Å². The van der Waals surface area contributed by atoms with E-state index in [4.69, 9.17) is 11.0 Å². The summed E-state index contributed by atoms with van der Waals surface area (Å²) >= 11 is 0. The number of rotatable bonds is 3. The van der Waals surface area contributed by atoms with E-state index in [-0.39, 0.29) is 0 Å². The summed E-state index contributed by atoms with van der Waals surface area (Å²) in [7, 11) is 0. The maximum atomic E-state index is 9.12. The zero-order valence-corrected chi connectivity index (χ0v) is 14.4. The first kappa shape index (κ1) is 14.5. The van der Waals surface area contributed by atoms with E-state index in [1.54, 1.807) is 6.20 Å². The average molecular weight is 357 g/mol. The van der Waals surface area contributed by atoms with Gasteiger partial charge in [-0.15, -0.1) is 0 Å². The molecule has 5 rings (SSSR count). The van der Waals surface area contributed by atoms with Crippen molar-refractivity contribution < 1.29 is 5.79 Å². The molecule has 0 amide bonds. The lowest BCUT2D eigenvalue weighted by atomic mass is 9.91. The van der Waals surface area contributed by atoms with Crippen LogP contribution in [0.3, 0.4) is 0 Å². The van der Waals surface area contributed by atoms with Crippen LogP contribution < -0.4 is 5.32 Å². The van der Waals surface area contributed by atoms with Crippen LogP contribution in [0.25, 0.3) is 22.4 Å². The second kappa shape index (κ2) is 6.25. The van der Waals surface area contributed by atoms with Gasteiger partial charge in [-0.3, -0.25) is 10.1 Å². The van der Waals surface area contributed by atoms with E-state index in [9.17, 15) is 0 Å². The third-order valence-corrected chi connectivity index (χ3v) is 4.78. The Kier molecular flexibility index (Phi) is 3.36. The molecule has 4 aromatic rings. The van der Waals surface area contributed by atoms with Crippen LogP contribution in [0.5, 0.6) is 0 Å². The molecule has 2 N–H and O–H groups in total. The minimum Gasteiger partial charge on any atom is -0.442 e. The summed E-state index contributed by atoms with van der Waals surface area (Å²) in [5, 5.41) is 20.6. The number of hydrogen-bond donors (Lipinski definition) is 2. The van der Waals surface area contributed by atoms with Crippen LogP contribution in [-0.2, 0) is 6.42 Å². The zero-order chi connectivity index (χ0) is 19.1. The third kappa shape index (κ3) is 2.72. The Morgan fingerprint density at radius 2 is 2.30 bits per heavy atom. The van der Waals surface area contributed by atoms with Crippen molar-refractivity contribution in [2.45, 2.75) is 25.3 Å². The number of fused-ring (bicyclic) bond motifs is 2. The molecule has 1 aliphatic carbocycles. The van der Waals surface area contributed by atoms with Crippen molar-refractivity contribution in [1.29, 1.82) is 5.26 Å². The van der Waals surface area contributed by atoms with E-state index < -0.39 is 6.02 Å². The number of hydrogen-bond acceptors (Lipinski definition) is 6. The highest BCUT2D eigenvalue weighted by Gasteiger charge is 2.22. The number of aryl methyl sites for hydroxylation is 1. The Labute approximate surface area is 156 Å². The molecular weight excluding hydrogens is 340 g/mol. The lowest BCUT2D eigenvalue weighted by molar-refractivity contribution is 0.570. The lowest BCUT2D eigenvalue weighted by Gasteiger charge is -2.26. The molecule has 0 unspecified atom stereocenters. The first-order valence-electron chi connectivity index (χ1n) is 9.21. The number of benzene rings is 1. The number of nitriles is 1. The highest BCUT2D eigenvalue weighted by Crippen LogP contribution is 2.33. The van der Waals surface area contributed by atoms with Crippen LogP contribution >= 0.6 is 0 Å². The van der Waals surface area contributed by atoms with E-state index in [1.807, 2.05) is 24.3 Å². The molecule has 132 valence electrons. The number of oxazole rings is 1. The second-order valence-electron chi connectivity index (χ2n) is 6.50. The molecule has 7 nitrogen and oxygen atoms in total. The number of H-pyrrole nitrogens is 1. The van der Waals surface area contributed by atoms with E-state index in [0.717, 1.165) is 35.0 Å². The van der Waals surface area contributed by atoms with Gasteiger partial charge in [0.15, 0.2) is 12.2 Å².